The highest BCUT2D eigenvalue weighted by molar-refractivity contribution is 5.80. The first-order valence-corrected chi connectivity index (χ1v) is 11.2. The van der Waals surface area contributed by atoms with E-state index in [-0.39, 0.29) is 0 Å². The van der Waals surface area contributed by atoms with Gasteiger partial charge >= 0.3 is 0 Å². The average molecular weight is 441 g/mol. The molecular weight excluding hydrogens is 404 g/mol. The molecule has 3 rings (SSSR count). The number of anilines is 1. The Hall–Kier alpha value is -2.84. The van der Waals surface area contributed by atoms with Crippen LogP contribution in [0.4, 0.5) is 5.82 Å². The maximum atomic E-state index is 5.94. The van der Waals surface area contributed by atoms with Gasteiger partial charge in [0, 0.05) is 66.2 Å². The minimum Gasteiger partial charge on any atom is -0.492 e. The number of aliphatic imine (C=N–C) groups is 1. The smallest absolute Gasteiger partial charge is 0.194 e. The van der Waals surface area contributed by atoms with Crippen molar-refractivity contribution in [3.8, 4) is 5.75 Å². The monoisotopic (exact) mass is 440 g/mol. The number of nitrogens with zero attached hydrogens (tertiary/aromatic N) is 5. The SMILES string of the molecule is CN=C(NCc1cccc(OCCN(C)CCOC)c1)N1CCN(c2ccccn2)CC1. The Labute approximate surface area is 191 Å². The third kappa shape index (κ3) is 7.39. The highest BCUT2D eigenvalue weighted by atomic mass is 16.5. The zero-order valence-electron chi connectivity index (χ0n) is 19.5. The Bertz CT molecular complexity index is 824. The largest absolute Gasteiger partial charge is 0.492 e. The number of pyridine rings is 1. The van der Waals surface area contributed by atoms with Crippen LogP contribution in [0.15, 0.2) is 53.7 Å². The fourth-order valence-electron chi connectivity index (χ4n) is 3.63. The highest BCUT2D eigenvalue weighted by Crippen LogP contribution is 2.15. The van der Waals surface area contributed by atoms with Crippen LogP contribution >= 0.6 is 0 Å². The normalized spacial score (nSPS) is 14.7. The van der Waals surface area contributed by atoms with Crippen LogP contribution in [0.25, 0.3) is 0 Å². The zero-order chi connectivity index (χ0) is 22.6. The summed E-state index contributed by atoms with van der Waals surface area (Å²) in [5, 5.41) is 3.50. The maximum absolute atomic E-state index is 5.94. The van der Waals surface area contributed by atoms with Gasteiger partial charge in [0.15, 0.2) is 5.96 Å². The van der Waals surface area contributed by atoms with Crippen LogP contribution in [0.2, 0.25) is 0 Å². The van der Waals surface area contributed by atoms with Crippen molar-refractivity contribution in [2.24, 2.45) is 4.99 Å². The topological polar surface area (TPSA) is 65.5 Å². The van der Waals surface area contributed by atoms with Crippen molar-refractivity contribution in [1.82, 2.24) is 20.1 Å². The van der Waals surface area contributed by atoms with E-state index in [9.17, 15) is 0 Å². The van der Waals surface area contributed by atoms with Gasteiger partial charge in [-0.2, -0.15) is 0 Å². The minimum absolute atomic E-state index is 0.652. The molecule has 1 fully saturated rings. The predicted molar refractivity (Wildman–Crippen MR) is 130 cm³/mol. The summed E-state index contributed by atoms with van der Waals surface area (Å²) >= 11 is 0. The number of likely N-dealkylation sites (N-methyl/N-ethyl adjacent to an activating group) is 1. The van der Waals surface area contributed by atoms with Crippen LogP contribution in [0.1, 0.15) is 5.56 Å². The molecule has 0 amide bonds. The Balaban J connectivity index is 1.43. The number of ether oxygens (including phenoxy) is 2. The Morgan fingerprint density at radius 2 is 1.91 bits per heavy atom. The number of aromatic nitrogens is 1. The first kappa shape index (κ1) is 23.8. The van der Waals surface area contributed by atoms with Gasteiger partial charge in [-0.25, -0.2) is 4.98 Å². The molecule has 0 aliphatic carbocycles. The second kappa shape index (κ2) is 12.9. The summed E-state index contributed by atoms with van der Waals surface area (Å²) in [5.41, 5.74) is 1.17. The molecule has 0 atom stereocenters. The fraction of sp³-hybridized carbons (Fsp3) is 0.500. The van der Waals surface area contributed by atoms with Crippen LogP contribution < -0.4 is 15.0 Å². The van der Waals surface area contributed by atoms with Crippen molar-refractivity contribution in [1.29, 1.82) is 0 Å². The van der Waals surface area contributed by atoms with Gasteiger partial charge < -0.3 is 29.5 Å². The van der Waals surface area contributed by atoms with Crippen LogP contribution in [-0.4, -0.2) is 94.4 Å². The summed E-state index contributed by atoms with van der Waals surface area (Å²) < 4.78 is 11.0. The molecule has 2 heterocycles. The van der Waals surface area contributed by atoms with Crippen molar-refractivity contribution in [2.45, 2.75) is 6.54 Å². The molecule has 0 spiro atoms. The Morgan fingerprint density at radius 1 is 1.09 bits per heavy atom. The molecule has 0 radical (unpaired) electrons. The molecule has 1 aliphatic rings. The Morgan fingerprint density at radius 3 is 2.62 bits per heavy atom. The fourth-order valence-corrected chi connectivity index (χ4v) is 3.63. The van der Waals surface area contributed by atoms with Gasteiger partial charge in [0.05, 0.1) is 6.61 Å². The van der Waals surface area contributed by atoms with E-state index >= 15 is 0 Å². The van der Waals surface area contributed by atoms with Crippen LogP contribution in [0, 0.1) is 0 Å². The molecule has 1 N–H and O–H groups in total. The van der Waals surface area contributed by atoms with Gasteiger partial charge in [-0.15, -0.1) is 0 Å². The molecule has 1 aromatic carbocycles. The highest BCUT2D eigenvalue weighted by Gasteiger charge is 2.20. The van der Waals surface area contributed by atoms with Gasteiger partial charge in [0.2, 0.25) is 0 Å². The summed E-state index contributed by atoms with van der Waals surface area (Å²) in [4.78, 5) is 15.8. The summed E-state index contributed by atoms with van der Waals surface area (Å²) in [5.74, 6) is 2.86. The minimum atomic E-state index is 0.652. The number of rotatable bonds is 10. The molecule has 1 aromatic heterocycles. The maximum Gasteiger partial charge on any atom is 0.194 e. The van der Waals surface area contributed by atoms with Gasteiger partial charge in [0.1, 0.15) is 18.2 Å². The van der Waals surface area contributed by atoms with Crippen molar-refractivity contribution < 1.29 is 9.47 Å². The standard InChI is InChI=1S/C24H36N6O2/c1-25-24(30-13-11-29(12-14-30)23-9-4-5-10-26-23)27-20-21-7-6-8-22(19-21)32-18-16-28(2)15-17-31-3/h4-10,19H,11-18,20H2,1-3H3,(H,25,27). The molecule has 8 heteroatoms. The number of methoxy groups -OCH3 is 1. The van der Waals surface area contributed by atoms with E-state index in [4.69, 9.17) is 9.47 Å². The number of nitrogens with one attached hydrogen (secondary N) is 1. The second-order valence-corrected chi connectivity index (χ2v) is 7.85. The molecule has 0 bridgehead atoms. The predicted octanol–water partition coefficient (Wildman–Crippen LogP) is 1.94. The van der Waals surface area contributed by atoms with Gasteiger partial charge in [-0.05, 0) is 36.9 Å². The van der Waals surface area contributed by atoms with E-state index in [0.29, 0.717) is 13.2 Å². The van der Waals surface area contributed by atoms with Crippen molar-refractivity contribution in [3.05, 3.63) is 54.2 Å². The molecule has 8 nitrogen and oxygen atoms in total. The van der Waals surface area contributed by atoms with E-state index in [1.165, 1.54) is 5.56 Å². The van der Waals surface area contributed by atoms with E-state index < -0.39 is 0 Å². The molecule has 0 unspecified atom stereocenters. The van der Waals surface area contributed by atoms with E-state index in [0.717, 1.165) is 63.4 Å². The van der Waals surface area contributed by atoms with Crippen molar-refractivity contribution in [2.75, 3.05) is 78.6 Å². The van der Waals surface area contributed by atoms with Gasteiger partial charge in [-0.3, -0.25) is 4.99 Å². The Kier molecular flexibility index (Phi) is 9.59. The van der Waals surface area contributed by atoms with E-state index in [1.54, 1.807) is 7.11 Å². The van der Waals surface area contributed by atoms with Gasteiger partial charge in [0.25, 0.3) is 0 Å². The number of benzene rings is 1. The van der Waals surface area contributed by atoms with Crippen molar-refractivity contribution in [3.63, 3.8) is 0 Å². The molecule has 2 aromatic rings. The van der Waals surface area contributed by atoms with Gasteiger partial charge in [-0.1, -0.05) is 18.2 Å². The summed E-state index contributed by atoms with van der Waals surface area (Å²) in [6, 6.07) is 14.3. The third-order valence-electron chi connectivity index (χ3n) is 5.53. The molecule has 32 heavy (non-hydrogen) atoms. The molecular formula is C24H36N6O2. The van der Waals surface area contributed by atoms with Crippen LogP contribution in [0.5, 0.6) is 5.75 Å². The van der Waals surface area contributed by atoms with Crippen molar-refractivity contribution >= 4 is 11.8 Å². The average Bonchev–Trinajstić information content (AvgIpc) is 2.84. The molecule has 1 saturated heterocycles. The lowest BCUT2D eigenvalue weighted by Crippen LogP contribution is -2.52. The number of guanidine groups is 1. The summed E-state index contributed by atoms with van der Waals surface area (Å²) in [6.07, 6.45) is 1.85. The molecule has 174 valence electrons. The lowest BCUT2D eigenvalue weighted by molar-refractivity contribution is 0.150. The molecule has 0 saturated carbocycles. The first-order chi connectivity index (χ1) is 15.7. The van der Waals surface area contributed by atoms with E-state index in [2.05, 4.69) is 55.2 Å². The molecule has 1 aliphatic heterocycles. The lowest BCUT2D eigenvalue weighted by Gasteiger charge is -2.37. The van der Waals surface area contributed by atoms with E-state index in [1.807, 2.05) is 37.5 Å². The lowest BCUT2D eigenvalue weighted by atomic mass is 10.2. The number of hydrogen-bond acceptors (Lipinski definition) is 6. The number of hydrogen-bond donors (Lipinski definition) is 1. The quantitative estimate of drug-likeness (QED) is 0.447. The van der Waals surface area contributed by atoms with Crippen LogP contribution in [0.3, 0.4) is 0 Å². The third-order valence-corrected chi connectivity index (χ3v) is 5.53. The van der Waals surface area contributed by atoms with Crippen LogP contribution in [-0.2, 0) is 11.3 Å². The number of piperazine rings is 1. The second-order valence-electron chi connectivity index (χ2n) is 7.85. The summed E-state index contributed by atoms with van der Waals surface area (Å²) in [6.45, 7) is 7.54. The summed E-state index contributed by atoms with van der Waals surface area (Å²) in [7, 11) is 5.64. The first-order valence-electron chi connectivity index (χ1n) is 11.2. The zero-order valence-corrected chi connectivity index (χ0v) is 19.5.